The van der Waals surface area contributed by atoms with E-state index in [0.29, 0.717) is 0 Å². The molecule has 0 fully saturated rings. The van der Waals surface area contributed by atoms with Gasteiger partial charge >= 0.3 is 5.97 Å². The smallest absolute Gasteiger partial charge is 0.358 e. The van der Waals surface area contributed by atoms with Crippen LogP contribution in [0, 0.1) is 18.2 Å². The standard InChI is InChI=1S/C16H12ClFN2O3/c1-4-8-11(19)7-12(20-14(8)16(21)23-3)9-5-6-10(17)15(22-2)13(9)18/h1,5-7H,2-3H3,(H2,19,20). The zero-order chi connectivity index (χ0) is 17.1. The topological polar surface area (TPSA) is 74.4 Å². The number of aromatic nitrogens is 1. The van der Waals surface area contributed by atoms with E-state index in [0.717, 1.165) is 0 Å². The van der Waals surface area contributed by atoms with E-state index < -0.39 is 11.8 Å². The second-order valence-electron chi connectivity index (χ2n) is 4.40. The van der Waals surface area contributed by atoms with Crippen LogP contribution in [0.2, 0.25) is 5.02 Å². The second-order valence-corrected chi connectivity index (χ2v) is 4.81. The molecule has 0 atom stereocenters. The van der Waals surface area contributed by atoms with E-state index in [1.807, 2.05) is 0 Å². The van der Waals surface area contributed by atoms with Crippen LogP contribution in [0.1, 0.15) is 16.1 Å². The molecule has 0 aliphatic carbocycles. The summed E-state index contributed by atoms with van der Waals surface area (Å²) in [6.45, 7) is 0. The van der Waals surface area contributed by atoms with Crippen molar-refractivity contribution in [3.05, 3.63) is 40.3 Å². The SMILES string of the molecule is C#Cc1c(N)cc(-c2ccc(Cl)c(OC)c2F)nc1C(=O)OC. The molecule has 0 saturated carbocycles. The van der Waals surface area contributed by atoms with Crippen molar-refractivity contribution in [3.63, 3.8) is 0 Å². The molecular formula is C16H12ClFN2O3. The van der Waals surface area contributed by atoms with E-state index in [-0.39, 0.29) is 39.0 Å². The lowest BCUT2D eigenvalue weighted by atomic mass is 10.1. The first-order chi connectivity index (χ1) is 10.9. The van der Waals surface area contributed by atoms with Gasteiger partial charge in [0, 0.05) is 5.56 Å². The predicted octanol–water partition coefficient (Wildman–Crippen LogP) is 2.90. The van der Waals surface area contributed by atoms with Crippen LogP contribution in [-0.2, 0) is 4.74 Å². The maximum absolute atomic E-state index is 14.5. The first-order valence-electron chi connectivity index (χ1n) is 6.32. The molecule has 0 bridgehead atoms. The summed E-state index contributed by atoms with van der Waals surface area (Å²) in [7, 11) is 2.47. The van der Waals surface area contributed by atoms with Crippen LogP contribution in [0.3, 0.4) is 0 Å². The van der Waals surface area contributed by atoms with Gasteiger partial charge in [-0.05, 0) is 18.2 Å². The Morgan fingerprint density at radius 2 is 2.13 bits per heavy atom. The quantitative estimate of drug-likeness (QED) is 0.690. The van der Waals surface area contributed by atoms with Gasteiger partial charge in [-0.25, -0.2) is 14.2 Å². The van der Waals surface area contributed by atoms with Gasteiger partial charge in [0.05, 0.1) is 36.2 Å². The molecular weight excluding hydrogens is 323 g/mol. The normalized spacial score (nSPS) is 10.0. The van der Waals surface area contributed by atoms with Gasteiger partial charge in [-0.3, -0.25) is 0 Å². The molecule has 2 rings (SSSR count). The van der Waals surface area contributed by atoms with Gasteiger partial charge < -0.3 is 15.2 Å². The third-order valence-electron chi connectivity index (χ3n) is 3.10. The van der Waals surface area contributed by atoms with Crippen molar-refractivity contribution in [1.82, 2.24) is 4.98 Å². The number of halogens is 2. The van der Waals surface area contributed by atoms with E-state index in [2.05, 4.69) is 15.6 Å². The zero-order valence-corrected chi connectivity index (χ0v) is 13.1. The first kappa shape index (κ1) is 16.6. The van der Waals surface area contributed by atoms with Gasteiger partial charge in [0.2, 0.25) is 0 Å². The lowest BCUT2D eigenvalue weighted by Crippen LogP contribution is -2.10. The third-order valence-corrected chi connectivity index (χ3v) is 3.40. The number of nitrogen functional groups attached to an aromatic ring is 1. The third kappa shape index (κ3) is 2.91. The van der Waals surface area contributed by atoms with E-state index in [1.165, 1.54) is 32.4 Å². The van der Waals surface area contributed by atoms with Gasteiger partial charge in [0.15, 0.2) is 17.3 Å². The van der Waals surface area contributed by atoms with Gasteiger partial charge in [0.25, 0.3) is 0 Å². The van der Waals surface area contributed by atoms with E-state index in [9.17, 15) is 9.18 Å². The number of ether oxygens (including phenoxy) is 2. The van der Waals surface area contributed by atoms with Crippen LogP contribution in [0.5, 0.6) is 5.75 Å². The Morgan fingerprint density at radius 3 is 2.70 bits per heavy atom. The molecule has 2 N–H and O–H groups in total. The molecule has 1 heterocycles. The maximum Gasteiger partial charge on any atom is 0.358 e. The number of nitrogens with two attached hydrogens (primary N) is 1. The Bertz CT molecular complexity index is 831. The number of esters is 1. The second kappa shape index (κ2) is 6.55. The van der Waals surface area contributed by atoms with Gasteiger partial charge in [0.1, 0.15) is 0 Å². The number of carbonyl (C=O) groups excluding carboxylic acids is 1. The van der Waals surface area contributed by atoms with Crippen molar-refractivity contribution >= 4 is 23.3 Å². The highest BCUT2D eigenvalue weighted by Gasteiger charge is 2.21. The Morgan fingerprint density at radius 1 is 1.43 bits per heavy atom. The van der Waals surface area contributed by atoms with E-state index >= 15 is 0 Å². The molecule has 0 saturated heterocycles. The molecule has 0 radical (unpaired) electrons. The Labute approximate surface area is 137 Å². The van der Waals surface area contributed by atoms with Gasteiger partial charge in [-0.1, -0.05) is 17.5 Å². The van der Waals surface area contributed by atoms with Gasteiger partial charge in [-0.15, -0.1) is 6.42 Å². The number of benzene rings is 1. The Balaban J connectivity index is 2.74. The molecule has 118 valence electrons. The number of pyridine rings is 1. The Kier molecular flexibility index (Phi) is 4.72. The number of anilines is 1. The zero-order valence-electron chi connectivity index (χ0n) is 12.3. The summed E-state index contributed by atoms with van der Waals surface area (Å²) in [5.41, 5.74) is 6.03. The summed E-state index contributed by atoms with van der Waals surface area (Å²) >= 11 is 5.86. The molecule has 0 unspecified atom stereocenters. The Hall–Kier alpha value is -2.78. The minimum Gasteiger partial charge on any atom is -0.492 e. The van der Waals surface area contributed by atoms with Crippen molar-refractivity contribution in [1.29, 1.82) is 0 Å². The molecule has 0 aliphatic rings. The number of methoxy groups -OCH3 is 2. The summed E-state index contributed by atoms with van der Waals surface area (Å²) in [5.74, 6) is 0.646. The number of carbonyl (C=O) groups is 1. The van der Waals surface area contributed by atoms with E-state index in [1.54, 1.807) is 0 Å². The number of hydrogen-bond donors (Lipinski definition) is 1. The summed E-state index contributed by atoms with van der Waals surface area (Å²) < 4.78 is 24.1. The van der Waals surface area contributed by atoms with Crippen molar-refractivity contribution in [2.75, 3.05) is 20.0 Å². The van der Waals surface area contributed by atoms with Crippen LogP contribution in [-0.4, -0.2) is 25.2 Å². The van der Waals surface area contributed by atoms with Crippen molar-refractivity contribution in [2.24, 2.45) is 0 Å². The van der Waals surface area contributed by atoms with Crippen LogP contribution >= 0.6 is 11.6 Å². The average Bonchev–Trinajstić information content (AvgIpc) is 2.53. The number of rotatable bonds is 3. The summed E-state index contributed by atoms with van der Waals surface area (Å²) in [6, 6.07) is 4.22. The van der Waals surface area contributed by atoms with Crippen LogP contribution in [0.25, 0.3) is 11.3 Å². The molecule has 0 amide bonds. The van der Waals surface area contributed by atoms with Crippen molar-refractivity contribution in [2.45, 2.75) is 0 Å². The fraction of sp³-hybridized carbons (Fsp3) is 0.125. The summed E-state index contributed by atoms with van der Waals surface area (Å²) in [5, 5.41) is 0.107. The lowest BCUT2D eigenvalue weighted by Gasteiger charge is -2.12. The predicted molar refractivity (Wildman–Crippen MR) is 84.9 cm³/mol. The number of terminal acetylenes is 1. The highest BCUT2D eigenvalue weighted by Crippen LogP contribution is 2.35. The fourth-order valence-electron chi connectivity index (χ4n) is 2.02. The van der Waals surface area contributed by atoms with E-state index in [4.69, 9.17) is 28.5 Å². The largest absolute Gasteiger partial charge is 0.492 e. The van der Waals surface area contributed by atoms with Crippen molar-refractivity contribution in [3.8, 4) is 29.4 Å². The monoisotopic (exact) mass is 334 g/mol. The lowest BCUT2D eigenvalue weighted by molar-refractivity contribution is 0.0594. The first-order valence-corrected chi connectivity index (χ1v) is 6.70. The highest BCUT2D eigenvalue weighted by molar-refractivity contribution is 6.32. The molecule has 1 aromatic heterocycles. The maximum atomic E-state index is 14.5. The van der Waals surface area contributed by atoms with Crippen LogP contribution in [0.4, 0.5) is 10.1 Å². The van der Waals surface area contributed by atoms with Crippen LogP contribution in [0.15, 0.2) is 18.2 Å². The minimum atomic E-state index is -0.771. The molecule has 1 aromatic carbocycles. The van der Waals surface area contributed by atoms with Crippen molar-refractivity contribution < 1.29 is 18.7 Å². The summed E-state index contributed by atoms with van der Waals surface area (Å²) in [6.07, 6.45) is 5.34. The molecule has 0 aliphatic heterocycles. The summed E-state index contributed by atoms with van der Waals surface area (Å²) in [4.78, 5) is 15.9. The number of hydrogen-bond acceptors (Lipinski definition) is 5. The minimum absolute atomic E-state index is 0.0617. The number of nitrogens with zero attached hydrogens (tertiary/aromatic N) is 1. The van der Waals surface area contributed by atoms with Gasteiger partial charge in [-0.2, -0.15) is 0 Å². The molecule has 7 heteroatoms. The molecule has 5 nitrogen and oxygen atoms in total. The molecule has 0 spiro atoms. The molecule has 23 heavy (non-hydrogen) atoms. The average molecular weight is 335 g/mol. The highest BCUT2D eigenvalue weighted by atomic mass is 35.5. The fourth-order valence-corrected chi connectivity index (χ4v) is 2.24. The molecule has 2 aromatic rings. The van der Waals surface area contributed by atoms with Crippen LogP contribution < -0.4 is 10.5 Å².